The smallest absolute Gasteiger partial charge is 0.406 e. The van der Waals surface area contributed by atoms with Crippen molar-refractivity contribution in [3.63, 3.8) is 0 Å². The highest BCUT2D eigenvalue weighted by atomic mass is 19.4. The number of amides is 1. The number of aliphatic hydroxyl groups excluding tert-OH is 1. The molecule has 134 valence electrons. The third-order valence-corrected chi connectivity index (χ3v) is 3.84. The molecule has 1 aliphatic heterocycles. The highest BCUT2D eigenvalue weighted by molar-refractivity contribution is 5.78. The maximum absolute atomic E-state index is 12.1. The van der Waals surface area contributed by atoms with Crippen molar-refractivity contribution in [2.24, 2.45) is 0 Å². The van der Waals surface area contributed by atoms with Crippen molar-refractivity contribution in [1.82, 2.24) is 10.2 Å². The Kier molecular flexibility index (Phi) is 6.06. The molecule has 1 heterocycles. The lowest BCUT2D eigenvalue weighted by atomic mass is 10.1. The van der Waals surface area contributed by atoms with Gasteiger partial charge < -0.3 is 15.2 Å². The molecule has 1 amide bonds. The van der Waals surface area contributed by atoms with E-state index in [1.54, 1.807) is 6.92 Å². The van der Waals surface area contributed by atoms with Gasteiger partial charge in [0.25, 0.3) is 0 Å². The molecule has 0 aliphatic carbocycles. The number of likely N-dealkylation sites (tertiary alicyclic amines) is 1. The van der Waals surface area contributed by atoms with Gasteiger partial charge in [-0.2, -0.15) is 0 Å². The van der Waals surface area contributed by atoms with E-state index in [1.165, 1.54) is 24.3 Å². The number of nitrogens with one attached hydrogen (secondary N) is 1. The van der Waals surface area contributed by atoms with E-state index in [9.17, 15) is 23.1 Å². The van der Waals surface area contributed by atoms with Gasteiger partial charge in [0, 0.05) is 6.54 Å². The van der Waals surface area contributed by atoms with Crippen LogP contribution in [0.15, 0.2) is 24.3 Å². The summed E-state index contributed by atoms with van der Waals surface area (Å²) in [5.74, 6) is -0.487. The molecule has 0 spiro atoms. The van der Waals surface area contributed by atoms with Crippen molar-refractivity contribution in [2.45, 2.75) is 38.3 Å². The molecule has 1 aliphatic rings. The third-order valence-electron chi connectivity index (χ3n) is 3.84. The molecule has 1 fully saturated rings. The summed E-state index contributed by atoms with van der Waals surface area (Å²) < 4.78 is 40.2. The molecule has 5 nitrogen and oxygen atoms in total. The van der Waals surface area contributed by atoms with Crippen LogP contribution in [0.2, 0.25) is 0 Å². The number of β-amino-alcohol motifs (C(OH)–C–C–N with tert-alkyl or cyclic N) is 1. The number of hydrogen-bond acceptors (Lipinski definition) is 4. The number of hydrogen-bond donors (Lipinski definition) is 2. The number of ether oxygens (including phenoxy) is 1. The number of halogens is 3. The van der Waals surface area contributed by atoms with Crippen LogP contribution in [0.4, 0.5) is 13.2 Å². The number of nitrogens with zero attached hydrogens (tertiary/aromatic N) is 1. The van der Waals surface area contributed by atoms with E-state index in [0.717, 1.165) is 19.4 Å². The standard InChI is InChI=1S/C16H21F3N2O3/c1-11(12-4-6-14(7-5-12)24-16(17,18)19)20-15(23)10-21-8-2-3-13(22)9-21/h4-7,11,13,22H,2-3,8-10H2,1H3,(H,20,23). The molecular weight excluding hydrogens is 325 g/mol. The molecule has 1 aromatic rings. The molecular formula is C16H21F3N2O3. The first-order chi connectivity index (χ1) is 11.2. The first-order valence-electron chi connectivity index (χ1n) is 7.78. The second-order valence-corrected chi connectivity index (χ2v) is 5.94. The van der Waals surface area contributed by atoms with Gasteiger partial charge in [-0.05, 0) is 44.0 Å². The SMILES string of the molecule is CC(NC(=O)CN1CCCC(O)C1)c1ccc(OC(F)(F)F)cc1. The number of alkyl halides is 3. The number of benzene rings is 1. The molecule has 1 saturated heterocycles. The normalized spacial score (nSPS) is 20.5. The Morgan fingerprint density at radius 3 is 2.67 bits per heavy atom. The van der Waals surface area contributed by atoms with Gasteiger partial charge in [-0.3, -0.25) is 9.69 Å². The quantitative estimate of drug-likeness (QED) is 0.858. The largest absolute Gasteiger partial charge is 0.573 e. The molecule has 2 atom stereocenters. The predicted molar refractivity (Wildman–Crippen MR) is 81.4 cm³/mol. The maximum atomic E-state index is 12.1. The number of aliphatic hydroxyl groups is 1. The summed E-state index contributed by atoms with van der Waals surface area (Å²) in [6.07, 6.45) is -3.52. The molecule has 0 saturated carbocycles. The highest BCUT2D eigenvalue weighted by Crippen LogP contribution is 2.24. The maximum Gasteiger partial charge on any atom is 0.573 e. The van der Waals surface area contributed by atoms with Gasteiger partial charge in [-0.15, -0.1) is 13.2 Å². The van der Waals surface area contributed by atoms with Crippen molar-refractivity contribution >= 4 is 5.91 Å². The average molecular weight is 346 g/mol. The van der Waals surface area contributed by atoms with Crippen molar-refractivity contribution in [3.8, 4) is 5.75 Å². The van der Waals surface area contributed by atoms with Crippen LogP contribution < -0.4 is 10.1 Å². The van der Waals surface area contributed by atoms with Crippen molar-refractivity contribution in [3.05, 3.63) is 29.8 Å². The average Bonchev–Trinajstić information content (AvgIpc) is 2.46. The summed E-state index contributed by atoms with van der Waals surface area (Å²) in [4.78, 5) is 13.9. The lowest BCUT2D eigenvalue weighted by Gasteiger charge is -2.29. The van der Waals surface area contributed by atoms with Crippen LogP contribution in [-0.2, 0) is 4.79 Å². The van der Waals surface area contributed by atoms with Crippen LogP contribution in [0.25, 0.3) is 0 Å². The molecule has 8 heteroatoms. The Morgan fingerprint density at radius 1 is 1.42 bits per heavy atom. The summed E-state index contributed by atoms with van der Waals surface area (Å²) in [6.45, 7) is 3.19. The molecule has 2 rings (SSSR count). The van der Waals surface area contributed by atoms with Gasteiger partial charge in [0.05, 0.1) is 18.7 Å². The first-order valence-corrected chi connectivity index (χ1v) is 7.78. The first kappa shape index (κ1) is 18.5. The molecule has 0 radical (unpaired) electrons. The topological polar surface area (TPSA) is 61.8 Å². The zero-order chi connectivity index (χ0) is 17.7. The minimum absolute atomic E-state index is 0.188. The van der Waals surface area contributed by atoms with E-state index in [4.69, 9.17) is 0 Å². The fraction of sp³-hybridized carbons (Fsp3) is 0.562. The number of carbonyl (C=O) groups is 1. The summed E-state index contributed by atoms with van der Waals surface area (Å²) in [6, 6.07) is 5.05. The van der Waals surface area contributed by atoms with E-state index >= 15 is 0 Å². The Bertz CT molecular complexity index is 548. The fourth-order valence-electron chi connectivity index (χ4n) is 2.71. The van der Waals surface area contributed by atoms with Crippen LogP contribution >= 0.6 is 0 Å². The van der Waals surface area contributed by atoms with Gasteiger partial charge in [0.15, 0.2) is 0 Å². The van der Waals surface area contributed by atoms with Gasteiger partial charge >= 0.3 is 6.36 Å². The lowest BCUT2D eigenvalue weighted by molar-refractivity contribution is -0.274. The zero-order valence-electron chi connectivity index (χ0n) is 13.3. The van der Waals surface area contributed by atoms with Gasteiger partial charge in [-0.25, -0.2) is 0 Å². The van der Waals surface area contributed by atoms with E-state index in [1.807, 2.05) is 4.90 Å². The highest BCUT2D eigenvalue weighted by Gasteiger charge is 2.31. The summed E-state index contributed by atoms with van der Waals surface area (Å²) in [7, 11) is 0. The predicted octanol–water partition coefficient (Wildman–Crippen LogP) is 2.22. The summed E-state index contributed by atoms with van der Waals surface area (Å²) >= 11 is 0. The summed E-state index contributed by atoms with van der Waals surface area (Å²) in [5, 5.41) is 12.4. The monoisotopic (exact) mass is 346 g/mol. The van der Waals surface area contributed by atoms with Crippen molar-refractivity contribution < 1.29 is 27.8 Å². The Hall–Kier alpha value is -1.80. The molecule has 1 aromatic carbocycles. The number of carbonyl (C=O) groups excluding carboxylic acids is 1. The number of rotatable bonds is 5. The Morgan fingerprint density at radius 2 is 2.08 bits per heavy atom. The van der Waals surface area contributed by atoms with E-state index in [0.29, 0.717) is 12.1 Å². The summed E-state index contributed by atoms with van der Waals surface area (Å²) in [5.41, 5.74) is 0.677. The third kappa shape index (κ3) is 6.01. The Labute approximate surface area is 138 Å². The van der Waals surface area contributed by atoms with Crippen LogP contribution in [0.1, 0.15) is 31.4 Å². The van der Waals surface area contributed by atoms with E-state index in [-0.39, 0.29) is 24.2 Å². The minimum atomic E-state index is -4.72. The van der Waals surface area contributed by atoms with Crippen molar-refractivity contribution in [1.29, 1.82) is 0 Å². The molecule has 2 unspecified atom stereocenters. The van der Waals surface area contributed by atoms with Crippen LogP contribution in [0.3, 0.4) is 0 Å². The fourth-order valence-corrected chi connectivity index (χ4v) is 2.71. The second kappa shape index (κ2) is 7.85. The van der Waals surface area contributed by atoms with Crippen LogP contribution in [0, 0.1) is 0 Å². The zero-order valence-corrected chi connectivity index (χ0v) is 13.3. The van der Waals surface area contributed by atoms with Crippen molar-refractivity contribution in [2.75, 3.05) is 19.6 Å². The molecule has 24 heavy (non-hydrogen) atoms. The van der Waals surface area contributed by atoms with E-state index < -0.39 is 12.5 Å². The van der Waals surface area contributed by atoms with Crippen LogP contribution in [-0.4, -0.2) is 48.0 Å². The van der Waals surface area contributed by atoms with Gasteiger partial charge in [0.2, 0.25) is 5.91 Å². The van der Waals surface area contributed by atoms with Gasteiger partial charge in [-0.1, -0.05) is 12.1 Å². The molecule has 0 aromatic heterocycles. The number of piperidine rings is 1. The van der Waals surface area contributed by atoms with Crippen LogP contribution in [0.5, 0.6) is 5.75 Å². The van der Waals surface area contributed by atoms with E-state index in [2.05, 4.69) is 10.1 Å². The minimum Gasteiger partial charge on any atom is -0.406 e. The second-order valence-electron chi connectivity index (χ2n) is 5.94. The van der Waals surface area contributed by atoms with Gasteiger partial charge in [0.1, 0.15) is 5.75 Å². The Balaban J connectivity index is 1.85. The molecule has 0 bridgehead atoms. The molecule has 2 N–H and O–H groups in total. The lowest BCUT2D eigenvalue weighted by Crippen LogP contribution is -2.44.